The molecule has 0 aromatic heterocycles. The molecule has 3 aliphatic rings. The Morgan fingerprint density at radius 2 is 2.19 bits per heavy atom. The van der Waals surface area contributed by atoms with Crippen molar-refractivity contribution in [3.05, 3.63) is 41.4 Å². The number of carboxylic acid groups (broad SMARTS) is 1. The average Bonchev–Trinajstić information content (AvgIpc) is 3.38. The maximum Gasteiger partial charge on any atom is 0.310 e. The Hall–Kier alpha value is -2.42. The number of amides is 2. The highest BCUT2D eigenvalue weighted by Crippen LogP contribution is 2.58. The summed E-state index contributed by atoms with van der Waals surface area (Å²) in [6.45, 7) is 5.74. The van der Waals surface area contributed by atoms with Crippen LogP contribution in [-0.4, -0.2) is 70.3 Å². The minimum absolute atomic E-state index is 0.133. The molecule has 5 atom stereocenters. The molecule has 2 unspecified atom stereocenters. The van der Waals surface area contributed by atoms with Gasteiger partial charge in [0, 0.05) is 19.7 Å². The summed E-state index contributed by atoms with van der Waals surface area (Å²) in [4.78, 5) is 42.4. The number of likely N-dealkylation sites (tertiary alicyclic amines) is 1. The molecule has 3 saturated heterocycles. The number of carbonyl (C=O) groups is 3. The van der Waals surface area contributed by atoms with Crippen molar-refractivity contribution in [2.24, 2.45) is 11.8 Å². The lowest BCUT2D eigenvalue weighted by molar-refractivity contribution is -0.149. The smallest absolute Gasteiger partial charge is 0.310 e. The Kier molecular flexibility index (Phi) is 6.04. The number of ether oxygens (including phenoxy) is 1. The van der Waals surface area contributed by atoms with E-state index in [2.05, 4.69) is 6.58 Å². The summed E-state index contributed by atoms with van der Waals surface area (Å²) in [5, 5.41) is 19.6. The van der Waals surface area contributed by atoms with E-state index >= 15 is 0 Å². The van der Waals surface area contributed by atoms with E-state index in [9.17, 15) is 24.6 Å². The van der Waals surface area contributed by atoms with Crippen LogP contribution in [0.1, 0.15) is 24.8 Å². The van der Waals surface area contributed by atoms with E-state index < -0.39 is 41.5 Å². The van der Waals surface area contributed by atoms with Gasteiger partial charge in [0.1, 0.15) is 11.6 Å². The van der Waals surface area contributed by atoms with E-state index in [1.807, 2.05) is 13.0 Å². The van der Waals surface area contributed by atoms with Gasteiger partial charge in [0.05, 0.1) is 28.6 Å². The molecule has 172 valence electrons. The number of hydrogen-bond acceptors (Lipinski definition) is 5. The van der Waals surface area contributed by atoms with Crippen LogP contribution in [0.2, 0.25) is 5.02 Å². The van der Waals surface area contributed by atoms with Crippen LogP contribution in [0.3, 0.4) is 0 Å². The fourth-order valence-electron chi connectivity index (χ4n) is 5.73. The zero-order chi connectivity index (χ0) is 23.2. The van der Waals surface area contributed by atoms with Crippen LogP contribution in [0.15, 0.2) is 30.9 Å². The van der Waals surface area contributed by atoms with Crippen molar-refractivity contribution in [2.45, 2.75) is 43.9 Å². The molecular formula is C23H27ClN2O6. The van der Waals surface area contributed by atoms with Crippen molar-refractivity contribution in [1.29, 1.82) is 0 Å². The molecule has 3 fully saturated rings. The monoisotopic (exact) mass is 462 g/mol. The first-order valence-electron chi connectivity index (χ1n) is 10.8. The molecule has 1 spiro atoms. The Labute approximate surface area is 191 Å². The maximum atomic E-state index is 14.1. The summed E-state index contributed by atoms with van der Waals surface area (Å²) >= 11 is 6.46. The van der Waals surface area contributed by atoms with Gasteiger partial charge in [0.25, 0.3) is 5.91 Å². The zero-order valence-electron chi connectivity index (χ0n) is 17.9. The summed E-state index contributed by atoms with van der Waals surface area (Å²) in [5.74, 6) is -3.79. The van der Waals surface area contributed by atoms with Crippen molar-refractivity contribution in [3.63, 3.8) is 0 Å². The third-order valence-electron chi connectivity index (χ3n) is 6.91. The molecule has 8 nitrogen and oxygen atoms in total. The standard InChI is InChI=1S/C23H27ClN2O6/c1-3-10-25(18-13(2)6-4-7-14(18)24)21(29)19-23-9-8-15(32-23)16(22(30)31)17(23)20(28)26(19)11-5-12-27/h3-4,6-7,15-17,19,27H,1,5,8-12H2,2H3,(H,30,31)/t15-,16+,17+,19?,23?/m1/s1. The number of carboxylic acids is 1. The molecule has 9 heteroatoms. The quantitative estimate of drug-likeness (QED) is 0.572. The predicted octanol–water partition coefficient (Wildman–Crippen LogP) is 2.01. The highest BCUT2D eigenvalue weighted by Gasteiger charge is 2.74. The molecule has 0 aliphatic carbocycles. The number of rotatable bonds is 8. The van der Waals surface area contributed by atoms with Crippen LogP contribution < -0.4 is 4.90 Å². The van der Waals surface area contributed by atoms with Gasteiger partial charge in [-0.25, -0.2) is 0 Å². The first-order valence-corrected chi connectivity index (χ1v) is 11.2. The maximum absolute atomic E-state index is 14.1. The molecule has 3 heterocycles. The van der Waals surface area contributed by atoms with Gasteiger partial charge in [-0.15, -0.1) is 6.58 Å². The number of aliphatic hydroxyl groups is 1. The lowest BCUT2D eigenvalue weighted by Gasteiger charge is -2.37. The van der Waals surface area contributed by atoms with Crippen molar-refractivity contribution in [3.8, 4) is 0 Å². The molecule has 3 aliphatic heterocycles. The van der Waals surface area contributed by atoms with Gasteiger partial charge in [-0.05, 0) is 37.8 Å². The number of aryl methyl sites for hydroxylation is 1. The number of hydrogen-bond donors (Lipinski definition) is 2. The van der Waals surface area contributed by atoms with E-state index in [-0.39, 0.29) is 32.0 Å². The fraction of sp³-hybridized carbons (Fsp3) is 0.522. The van der Waals surface area contributed by atoms with E-state index in [0.29, 0.717) is 23.6 Å². The predicted molar refractivity (Wildman–Crippen MR) is 117 cm³/mol. The summed E-state index contributed by atoms with van der Waals surface area (Å²) in [7, 11) is 0. The summed E-state index contributed by atoms with van der Waals surface area (Å²) < 4.78 is 6.18. The van der Waals surface area contributed by atoms with Gasteiger partial charge in [0.15, 0.2) is 0 Å². The van der Waals surface area contributed by atoms with Gasteiger partial charge >= 0.3 is 5.97 Å². The van der Waals surface area contributed by atoms with Crippen LogP contribution in [0.4, 0.5) is 5.69 Å². The third kappa shape index (κ3) is 3.24. The number of aliphatic carboxylic acids is 1. The summed E-state index contributed by atoms with van der Waals surface area (Å²) in [5.41, 5.74) is 0.107. The number of carbonyl (C=O) groups excluding carboxylic acids is 2. The molecule has 4 rings (SSSR count). The third-order valence-corrected chi connectivity index (χ3v) is 7.22. The second-order valence-electron chi connectivity index (χ2n) is 8.65. The van der Waals surface area contributed by atoms with E-state index in [4.69, 9.17) is 16.3 Å². The number of nitrogens with zero attached hydrogens (tertiary/aromatic N) is 2. The molecule has 0 radical (unpaired) electrons. The van der Waals surface area contributed by atoms with Gasteiger partial charge in [0.2, 0.25) is 5.91 Å². The molecule has 2 bridgehead atoms. The summed E-state index contributed by atoms with van der Waals surface area (Å²) in [6, 6.07) is 4.32. The van der Waals surface area contributed by atoms with Crippen LogP contribution >= 0.6 is 11.6 Å². The molecular weight excluding hydrogens is 436 g/mol. The van der Waals surface area contributed by atoms with Crippen LogP contribution in [0.25, 0.3) is 0 Å². The van der Waals surface area contributed by atoms with Crippen LogP contribution in [0.5, 0.6) is 0 Å². The average molecular weight is 463 g/mol. The second kappa shape index (κ2) is 8.50. The zero-order valence-corrected chi connectivity index (χ0v) is 18.6. The number of halogens is 1. The normalized spacial score (nSPS) is 30.5. The number of fused-ring (bicyclic) bond motifs is 1. The lowest BCUT2D eigenvalue weighted by atomic mass is 9.70. The Balaban J connectivity index is 1.81. The van der Waals surface area contributed by atoms with Crippen molar-refractivity contribution in [2.75, 3.05) is 24.6 Å². The van der Waals surface area contributed by atoms with Crippen LogP contribution in [0, 0.1) is 18.8 Å². The Morgan fingerprint density at radius 3 is 2.81 bits per heavy atom. The van der Waals surface area contributed by atoms with Gasteiger partial charge in [-0.1, -0.05) is 29.8 Å². The molecule has 32 heavy (non-hydrogen) atoms. The Morgan fingerprint density at radius 1 is 1.44 bits per heavy atom. The number of aliphatic hydroxyl groups excluding tert-OH is 1. The summed E-state index contributed by atoms with van der Waals surface area (Å²) in [6.07, 6.45) is 2.16. The first kappa shape index (κ1) is 22.8. The van der Waals surface area contributed by atoms with Crippen molar-refractivity contribution >= 4 is 35.1 Å². The van der Waals surface area contributed by atoms with Gasteiger partial charge in [-0.3, -0.25) is 14.4 Å². The fourth-order valence-corrected chi connectivity index (χ4v) is 6.05. The number of anilines is 1. The molecule has 2 amide bonds. The highest BCUT2D eigenvalue weighted by molar-refractivity contribution is 6.34. The molecule has 2 N–H and O–H groups in total. The second-order valence-corrected chi connectivity index (χ2v) is 9.05. The molecule has 1 aromatic rings. The number of para-hydroxylation sites is 1. The minimum atomic E-state index is -1.20. The highest BCUT2D eigenvalue weighted by atomic mass is 35.5. The van der Waals surface area contributed by atoms with E-state index in [0.717, 1.165) is 5.56 Å². The van der Waals surface area contributed by atoms with E-state index in [1.54, 1.807) is 18.2 Å². The minimum Gasteiger partial charge on any atom is -0.481 e. The topological polar surface area (TPSA) is 107 Å². The largest absolute Gasteiger partial charge is 0.481 e. The lowest BCUT2D eigenvalue weighted by Crippen LogP contribution is -2.56. The van der Waals surface area contributed by atoms with Gasteiger partial charge < -0.3 is 24.7 Å². The Bertz CT molecular complexity index is 948. The van der Waals surface area contributed by atoms with Crippen LogP contribution in [-0.2, 0) is 19.1 Å². The number of benzene rings is 1. The molecule has 0 saturated carbocycles. The van der Waals surface area contributed by atoms with Gasteiger partial charge in [-0.2, -0.15) is 0 Å². The SMILES string of the molecule is C=CCN(C(=O)C1N(CCCO)C(=O)[C@@H]2[C@@H](C(=O)O)[C@H]3CCC12O3)c1c(C)cccc1Cl. The van der Waals surface area contributed by atoms with Crippen molar-refractivity contribution in [1.82, 2.24) is 4.90 Å². The first-order chi connectivity index (χ1) is 15.3. The van der Waals surface area contributed by atoms with E-state index in [1.165, 1.54) is 9.80 Å². The molecule has 1 aromatic carbocycles. The van der Waals surface area contributed by atoms with Crippen molar-refractivity contribution < 1.29 is 29.3 Å².